The van der Waals surface area contributed by atoms with Crippen LogP contribution in [0.15, 0.2) is 18.2 Å². The van der Waals surface area contributed by atoms with E-state index in [4.69, 9.17) is 5.11 Å². The molecule has 0 saturated heterocycles. The number of carboxylic acids is 1. The third-order valence-corrected chi connectivity index (χ3v) is 1.96. The van der Waals surface area contributed by atoms with Crippen LogP contribution in [0.3, 0.4) is 0 Å². The molecule has 0 aliphatic heterocycles. The Morgan fingerprint density at radius 1 is 1.54 bits per heavy atom. The summed E-state index contributed by atoms with van der Waals surface area (Å²) in [5.74, 6) is -0.876. The van der Waals surface area contributed by atoms with E-state index in [0.29, 0.717) is 5.56 Å². The molecule has 0 radical (unpaired) electrons. The molecule has 0 amide bonds. The van der Waals surface area contributed by atoms with E-state index in [9.17, 15) is 4.79 Å². The van der Waals surface area contributed by atoms with Crippen molar-refractivity contribution >= 4 is 5.97 Å². The zero-order chi connectivity index (χ0) is 9.84. The molecule has 0 fully saturated rings. The molecule has 0 aliphatic carbocycles. The molecule has 3 heteroatoms. The molecule has 0 spiro atoms. The van der Waals surface area contributed by atoms with Crippen molar-refractivity contribution in [2.45, 2.75) is 13.5 Å². The maximum Gasteiger partial charge on any atom is 0.335 e. The minimum absolute atomic E-state index is 0.345. The molecule has 13 heavy (non-hydrogen) atoms. The summed E-state index contributed by atoms with van der Waals surface area (Å²) in [5, 5.41) is 11.7. The van der Waals surface area contributed by atoms with Crippen molar-refractivity contribution in [1.82, 2.24) is 5.32 Å². The molecule has 0 aromatic heterocycles. The van der Waals surface area contributed by atoms with Crippen LogP contribution < -0.4 is 5.32 Å². The predicted octanol–water partition coefficient (Wildman–Crippen LogP) is 1.41. The second-order valence-corrected chi connectivity index (χ2v) is 2.98. The maximum absolute atomic E-state index is 10.6. The molecule has 0 saturated carbocycles. The zero-order valence-electron chi connectivity index (χ0n) is 7.79. The van der Waals surface area contributed by atoms with Crippen molar-refractivity contribution in [3.8, 4) is 0 Å². The van der Waals surface area contributed by atoms with Crippen molar-refractivity contribution in [2.75, 3.05) is 7.05 Å². The summed E-state index contributed by atoms with van der Waals surface area (Å²) in [4.78, 5) is 10.6. The molecule has 0 heterocycles. The SMILES string of the molecule is CNCc1ccc(C(=O)O)cc1C. The van der Waals surface area contributed by atoms with Gasteiger partial charge in [-0.3, -0.25) is 0 Å². The van der Waals surface area contributed by atoms with Crippen LogP contribution in [0.25, 0.3) is 0 Å². The Balaban J connectivity index is 2.98. The van der Waals surface area contributed by atoms with Crippen LogP contribution in [0, 0.1) is 6.92 Å². The van der Waals surface area contributed by atoms with Crippen LogP contribution >= 0.6 is 0 Å². The van der Waals surface area contributed by atoms with Gasteiger partial charge in [-0.05, 0) is 37.2 Å². The fourth-order valence-corrected chi connectivity index (χ4v) is 1.22. The first kappa shape index (κ1) is 9.74. The largest absolute Gasteiger partial charge is 0.478 e. The van der Waals surface area contributed by atoms with Crippen LogP contribution in [0.4, 0.5) is 0 Å². The Kier molecular flexibility index (Phi) is 3.03. The zero-order valence-corrected chi connectivity index (χ0v) is 7.79. The van der Waals surface area contributed by atoms with Gasteiger partial charge in [-0.15, -0.1) is 0 Å². The van der Waals surface area contributed by atoms with E-state index in [1.807, 2.05) is 20.0 Å². The molecule has 0 bridgehead atoms. The van der Waals surface area contributed by atoms with Gasteiger partial charge in [-0.2, -0.15) is 0 Å². The number of hydrogen-bond acceptors (Lipinski definition) is 2. The number of carboxylic acid groups (broad SMARTS) is 1. The fourth-order valence-electron chi connectivity index (χ4n) is 1.22. The van der Waals surface area contributed by atoms with Gasteiger partial charge in [0.05, 0.1) is 5.56 Å². The van der Waals surface area contributed by atoms with Crippen molar-refractivity contribution in [2.24, 2.45) is 0 Å². The van der Waals surface area contributed by atoms with E-state index in [-0.39, 0.29) is 0 Å². The Morgan fingerprint density at radius 2 is 2.23 bits per heavy atom. The summed E-state index contributed by atoms with van der Waals surface area (Å²) in [6, 6.07) is 5.16. The van der Waals surface area contributed by atoms with Gasteiger partial charge < -0.3 is 10.4 Å². The summed E-state index contributed by atoms with van der Waals surface area (Å²) >= 11 is 0. The molecular formula is C10H13NO2. The van der Waals surface area contributed by atoms with Gasteiger partial charge >= 0.3 is 5.97 Å². The number of benzene rings is 1. The lowest BCUT2D eigenvalue weighted by molar-refractivity contribution is 0.0697. The predicted molar refractivity (Wildman–Crippen MR) is 50.9 cm³/mol. The summed E-state index contributed by atoms with van der Waals surface area (Å²) in [5.41, 5.74) is 2.49. The number of carbonyl (C=O) groups is 1. The second kappa shape index (κ2) is 4.05. The lowest BCUT2D eigenvalue weighted by atomic mass is 10.1. The van der Waals surface area contributed by atoms with E-state index in [2.05, 4.69) is 5.32 Å². The van der Waals surface area contributed by atoms with Crippen molar-refractivity contribution in [3.05, 3.63) is 34.9 Å². The highest BCUT2D eigenvalue weighted by molar-refractivity contribution is 5.87. The van der Waals surface area contributed by atoms with E-state index in [1.54, 1.807) is 12.1 Å². The van der Waals surface area contributed by atoms with Gasteiger partial charge in [0.25, 0.3) is 0 Å². The van der Waals surface area contributed by atoms with E-state index in [1.165, 1.54) is 0 Å². The smallest absolute Gasteiger partial charge is 0.335 e. The third kappa shape index (κ3) is 2.29. The van der Waals surface area contributed by atoms with E-state index in [0.717, 1.165) is 17.7 Å². The average molecular weight is 179 g/mol. The molecule has 1 aromatic carbocycles. The lowest BCUT2D eigenvalue weighted by Crippen LogP contribution is -2.07. The summed E-state index contributed by atoms with van der Waals surface area (Å²) in [6.45, 7) is 2.69. The first-order valence-corrected chi connectivity index (χ1v) is 4.12. The highest BCUT2D eigenvalue weighted by atomic mass is 16.4. The van der Waals surface area contributed by atoms with Crippen LogP contribution in [-0.2, 0) is 6.54 Å². The van der Waals surface area contributed by atoms with Gasteiger partial charge in [0.1, 0.15) is 0 Å². The summed E-state index contributed by atoms with van der Waals surface area (Å²) < 4.78 is 0. The number of nitrogens with one attached hydrogen (secondary N) is 1. The Labute approximate surface area is 77.4 Å². The normalized spacial score (nSPS) is 10.0. The lowest BCUT2D eigenvalue weighted by Gasteiger charge is -2.05. The molecule has 3 nitrogen and oxygen atoms in total. The third-order valence-electron chi connectivity index (χ3n) is 1.96. The number of rotatable bonds is 3. The Morgan fingerprint density at radius 3 is 2.69 bits per heavy atom. The van der Waals surface area contributed by atoms with Gasteiger partial charge in [-0.25, -0.2) is 4.79 Å². The van der Waals surface area contributed by atoms with Gasteiger partial charge in [0, 0.05) is 6.54 Å². The molecule has 1 rings (SSSR count). The van der Waals surface area contributed by atoms with Crippen LogP contribution in [0.2, 0.25) is 0 Å². The Bertz CT molecular complexity index is 321. The van der Waals surface area contributed by atoms with Crippen LogP contribution in [-0.4, -0.2) is 18.1 Å². The average Bonchev–Trinajstić information content (AvgIpc) is 2.08. The maximum atomic E-state index is 10.6. The molecule has 0 atom stereocenters. The molecule has 1 aromatic rings. The van der Waals surface area contributed by atoms with Gasteiger partial charge in [0.2, 0.25) is 0 Å². The number of aryl methyl sites for hydroxylation is 1. The Hall–Kier alpha value is -1.35. The minimum atomic E-state index is -0.876. The first-order chi connectivity index (χ1) is 6.15. The monoisotopic (exact) mass is 179 g/mol. The summed E-state index contributed by atoms with van der Waals surface area (Å²) in [7, 11) is 1.87. The topological polar surface area (TPSA) is 49.3 Å². The quantitative estimate of drug-likeness (QED) is 0.737. The van der Waals surface area contributed by atoms with Gasteiger partial charge in [-0.1, -0.05) is 6.07 Å². The fraction of sp³-hybridized carbons (Fsp3) is 0.300. The van der Waals surface area contributed by atoms with Crippen LogP contribution in [0.5, 0.6) is 0 Å². The minimum Gasteiger partial charge on any atom is -0.478 e. The molecular weight excluding hydrogens is 166 g/mol. The number of hydrogen-bond donors (Lipinski definition) is 2. The van der Waals surface area contributed by atoms with Gasteiger partial charge in [0.15, 0.2) is 0 Å². The van der Waals surface area contributed by atoms with E-state index >= 15 is 0 Å². The second-order valence-electron chi connectivity index (χ2n) is 2.98. The van der Waals surface area contributed by atoms with Crippen LogP contribution in [0.1, 0.15) is 21.5 Å². The first-order valence-electron chi connectivity index (χ1n) is 4.12. The van der Waals surface area contributed by atoms with E-state index < -0.39 is 5.97 Å². The molecule has 0 aliphatic rings. The summed E-state index contributed by atoms with van der Waals surface area (Å²) in [6.07, 6.45) is 0. The van der Waals surface area contributed by atoms with Crippen molar-refractivity contribution in [1.29, 1.82) is 0 Å². The molecule has 70 valence electrons. The van der Waals surface area contributed by atoms with Crippen molar-refractivity contribution in [3.63, 3.8) is 0 Å². The highest BCUT2D eigenvalue weighted by Gasteiger charge is 2.04. The van der Waals surface area contributed by atoms with Crippen molar-refractivity contribution < 1.29 is 9.90 Å². The highest BCUT2D eigenvalue weighted by Crippen LogP contribution is 2.10. The standard InChI is InChI=1S/C10H13NO2/c1-7-5-8(10(12)13)3-4-9(7)6-11-2/h3-5,11H,6H2,1-2H3,(H,12,13). The molecule has 2 N–H and O–H groups in total. The number of aromatic carboxylic acids is 1. The molecule has 0 unspecified atom stereocenters.